The van der Waals surface area contributed by atoms with E-state index in [2.05, 4.69) is 25.6 Å². The number of likely N-dealkylation sites (N-methyl/N-ethyl adjacent to an activating group) is 1. The zero-order valence-electron chi connectivity index (χ0n) is 17.3. The first-order valence-corrected chi connectivity index (χ1v) is 12.0. The minimum Gasteiger partial charge on any atom is -0.337 e. The molecule has 11 nitrogen and oxygen atoms in total. The van der Waals surface area contributed by atoms with Gasteiger partial charge in [0.05, 0.1) is 17.2 Å². The van der Waals surface area contributed by atoms with Crippen LogP contribution in [0.4, 0.5) is 5.82 Å². The lowest BCUT2D eigenvalue weighted by atomic mass is 10.1. The number of H-pyrrole nitrogens is 1. The van der Waals surface area contributed by atoms with Gasteiger partial charge in [0.25, 0.3) is 11.8 Å². The maximum atomic E-state index is 13.1. The Bertz CT molecular complexity index is 1310. The fraction of sp³-hybridized carbons (Fsp3) is 0.350. The first-order valence-electron chi connectivity index (χ1n) is 10.1. The highest BCUT2D eigenvalue weighted by Gasteiger charge is 2.38. The number of hydrogen-bond donors (Lipinski definition) is 2. The third-order valence-electron chi connectivity index (χ3n) is 5.67. The number of aromatic amines is 1. The summed E-state index contributed by atoms with van der Waals surface area (Å²) < 4.78 is 25.6. The summed E-state index contributed by atoms with van der Waals surface area (Å²) in [4.78, 5) is 30.0. The van der Waals surface area contributed by atoms with Crippen LogP contribution in [0.3, 0.4) is 0 Å². The van der Waals surface area contributed by atoms with Gasteiger partial charge in [-0.1, -0.05) is 30.3 Å². The van der Waals surface area contributed by atoms with Crippen LogP contribution in [0.25, 0.3) is 0 Å². The Hall–Kier alpha value is -3.54. The monoisotopic (exact) mass is 455 g/mol. The van der Waals surface area contributed by atoms with E-state index in [1.807, 2.05) is 30.3 Å². The molecule has 5 rings (SSSR count). The van der Waals surface area contributed by atoms with Gasteiger partial charge in [0, 0.05) is 25.6 Å². The van der Waals surface area contributed by atoms with Crippen molar-refractivity contribution in [3.05, 3.63) is 58.8 Å². The Kier molecular flexibility index (Phi) is 4.81. The van der Waals surface area contributed by atoms with Crippen molar-refractivity contribution in [2.24, 2.45) is 0 Å². The summed E-state index contributed by atoms with van der Waals surface area (Å²) in [5.74, 6) is -0.0600. The molecule has 0 fully saturated rings. The van der Waals surface area contributed by atoms with Crippen LogP contribution in [0.5, 0.6) is 0 Å². The maximum Gasteiger partial charge on any atom is 0.289 e. The molecule has 2 amide bonds. The van der Waals surface area contributed by atoms with Crippen LogP contribution in [0.2, 0.25) is 0 Å². The second kappa shape index (κ2) is 7.55. The van der Waals surface area contributed by atoms with E-state index in [-0.39, 0.29) is 23.2 Å². The molecule has 3 aromatic rings. The standard InChI is InChI=1S/C20H21N7O4S/c1-26-19-13-10-32(30,31)11-15(13)25-27(19)8-7-14(20(26)29)21-18(28)17-22-16(23-24-17)9-12-5-3-2-4-6-12/h2-6,14H,7-11H2,1H3,(H,21,28)(H,22,23,24)/t14-/m0/s1. The van der Waals surface area contributed by atoms with Crippen molar-refractivity contribution in [3.63, 3.8) is 0 Å². The van der Waals surface area contributed by atoms with Crippen molar-refractivity contribution in [2.75, 3.05) is 11.9 Å². The van der Waals surface area contributed by atoms with E-state index in [4.69, 9.17) is 0 Å². The number of hydrogen-bond acceptors (Lipinski definition) is 7. The Morgan fingerprint density at radius 1 is 1.22 bits per heavy atom. The van der Waals surface area contributed by atoms with E-state index in [9.17, 15) is 18.0 Å². The van der Waals surface area contributed by atoms with E-state index >= 15 is 0 Å². The Morgan fingerprint density at radius 3 is 2.78 bits per heavy atom. The van der Waals surface area contributed by atoms with Gasteiger partial charge in [-0.05, 0) is 12.0 Å². The molecule has 2 aromatic heterocycles. The lowest BCUT2D eigenvalue weighted by Gasteiger charge is -2.21. The molecule has 2 N–H and O–H groups in total. The van der Waals surface area contributed by atoms with E-state index < -0.39 is 21.8 Å². The van der Waals surface area contributed by atoms with Crippen molar-refractivity contribution in [1.82, 2.24) is 30.3 Å². The van der Waals surface area contributed by atoms with Crippen LogP contribution in [0.15, 0.2) is 30.3 Å². The van der Waals surface area contributed by atoms with Gasteiger partial charge in [-0.25, -0.2) is 13.1 Å². The third-order valence-corrected chi connectivity index (χ3v) is 7.11. The number of carbonyl (C=O) groups excluding carboxylic acids is 2. The van der Waals surface area contributed by atoms with Crippen molar-refractivity contribution in [2.45, 2.75) is 36.9 Å². The number of fused-ring (bicyclic) bond motifs is 3. The van der Waals surface area contributed by atoms with Gasteiger partial charge in [-0.3, -0.25) is 14.5 Å². The number of nitrogens with one attached hydrogen (secondary N) is 2. The van der Waals surface area contributed by atoms with Crippen LogP contribution in [0, 0.1) is 0 Å². The quantitative estimate of drug-likeness (QED) is 0.571. The number of anilines is 1. The second-order valence-electron chi connectivity index (χ2n) is 8.00. The minimum atomic E-state index is -3.24. The van der Waals surface area contributed by atoms with Crippen molar-refractivity contribution >= 4 is 27.5 Å². The Balaban J connectivity index is 1.30. The van der Waals surface area contributed by atoms with Gasteiger partial charge in [-0.15, -0.1) is 10.2 Å². The molecule has 12 heteroatoms. The number of benzene rings is 1. The second-order valence-corrected chi connectivity index (χ2v) is 10.1. The molecule has 0 radical (unpaired) electrons. The summed E-state index contributed by atoms with van der Waals surface area (Å²) in [6, 6.07) is 8.86. The Morgan fingerprint density at radius 2 is 2.00 bits per heavy atom. The summed E-state index contributed by atoms with van der Waals surface area (Å²) >= 11 is 0. The van der Waals surface area contributed by atoms with Gasteiger partial charge in [-0.2, -0.15) is 5.10 Å². The summed E-state index contributed by atoms with van der Waals surface area (Å²) in [6.07, 6.45) is 0.821. The number of rotatable bonds is 4. The van der Waals surface area contributed by atoms with Gasteiger partial charge in [0.15, 0.2) is 9.84 Å². The van der Waals surface area contributed by atoms with Crippen LogP contribution in [-0.2, 0) is 39.1 Å². The summed E-state index contributed by atoms with van der Waals surface area (Å²) in [7, 11) is -1.67. The summed E-state index contributed by atoms with van der Waals surface area (Å²) in [6.45, 7) is 0.374. The van der Waals surface area contributed by atoms with E-state index in [0.29, 0.717) is 42.3 Å². The van der Waals surface area contributed by atoms with Gasteiger partial charge >= 0.3 is 0 Å². The minimum absolute atomic E-state index is 0.0281. The van der Waals surface area contributed by atoms with Crippen LogP contribution in [0.1, 0.15) is 39.7 Å². The fourth-order valence-corrected chi connectivity index (χ4v) is 5.64. The number of aromatic nitrogens is 5. The van der Waals surface area contributed by atoms with Gasteiger partial charge < -0.3 is 10.3 Å². The molecule has 4 heterocycles. The van der Waals surface area contributed by atoms with E-state index in [1.54, 1.807) is 11.7 Å². The highest BCUT2D eigenvalue weighted by Crippen LogP contribution is 2.34. The number of nitrogens with zero attached hydrogens (tertiary/aromatic N) is 5. The molecule has 0 saturated heterocycles. The first-order chi connectivity index (χ1) is 15.3. The average Bonchev–Trinajstić information content (AvgIpc) is 3.40. The first kappa shape index (κ1) is 20.4. The van der Waals surface area contributed by atoms with Crippen LogP contribution >= 0.6 is 0 Å². The van der Waals surface area contributed by atoms with Crippen molar-refractivity contribution < 1.29 is 18.0 Å². The maximum absolute atomic E-state index is 13.1. The lowest BCUT2D eigenvalue weighted by molar-refractivity contribution is -0.120. The molecule has 32 heavy (non-hydrogen) atoms. The smallest absolute Gasteiger partial charge is 0.289 e. The number of sulfone groups is 1. The molecule has 1 atom stereocenters. The van der Waals surface area contributed by atoms with Crippen molar-refractivity contribution in [1.29, 1.82) is 0 Å². The normalized spacial score (nSPS) is 19.3. The van der Waals surface area contributed by atoms with Crippen LogP contribution in [-0.4, -0.2) is 58.3 Å². The topological polar surface area (TPSA) is 143 Å². The predicted molar refractivity (Wildman–Crippen MR) is 113 cm³/mol. The molecule has 166 valence electrons. The largest absolute Gasteiger partial charge is 0.337 e. The average molecular weight is 456 g/mol. The Labute approximate surface area is 183 Å². The van der Waals surface area contributed by atoms with Gasteiger partial charge in [0.1, 0.15) is 17.7 Å². The fourth-order valence-electron chi connectivity index (χ4n) is 4.15. The zero-order chi connectivity index (χ0) is 22.5. The lowest BCUT2D eigenvalue weighted by Crippen LogP contribution is -2.47. The molecule has 0 aliphatic carbocycles. The van der Waals surface area contributed by atoms with E-state index in [0.717, 1.165) is 5.56 Å². The molecule has 0 unspecified atom stereocenters. The summed E-state index contributed by atoms with van der Waals surface area (Å²) in [5.41, 5.74) is 2.09. The third kappa shape index (κ3) is 3.66. The SMILES string of the molecule is CN1C(=O)[C@@H](NC(=O)c2nnc(Cc3ccccc3)[nH]2)CCn2nc3c(c21)CS(=O)(=O)C3. The predicted octanol–water partition coefficient (Wildman–Crippen LogP) is 0.186. The summed E-state index contributed by atoms with van der Waals surface area (Å²) in [5, 5.41) is 15.0. The molecular weight excluding hydrogens is 434 g/mol. The number of aryl methyl sites for hydroxylation is 1. The highest BCUT2D eigenvalue weighted by molar-refractivity contribution is 7.90. The molecular formula is C20H21N7O4S. The van der Waals surface area contributed by atoms with Crippen molar-refractivity contribution in [3.8, 4) is 0 Å². The molecule has 1 aromatic carbocycles. The number of carbonyl (C=O) groups is 2. The van der Waals surface area contributed by atoms with E-state index in [1.165, 1.54) is 4.90 Å². The van der Waals surface area contributed by atoms with Crippen LogP contribution < -0.4 is 10.2 Å². The molecule has 0 bridgehead atoms. The molecule has 2 aliphatic heterocycles. The van der Waals surface area contributed by atoms with Gasteiger partial charge in [0.2, 0.25) is 5.82 Å². The molecule has 0 spiro atoms. The molecule has 2 aliphatic rings. The number of amides is 2. The zero-order valence-corrected chi connectivity index (χ0v) is 18.1. The molecule has 0 saturated carbocycles. The highest BCUT2D eigenvalue weighted by atomic mass is 32.2.